The molecule has 2 unspecified atom stereocenters. The third-order valence-electron chi connectivity index (χ3n) is 3.93. The highest BCUT2D eigenvalue weighted by molar-refractivity contribution is 9.10. The highest BCUT2D eigenvalue weighted by atomic mass is 79.9. The third-order valence-corrected chi connectivity index (χ3v) is 4.46. The van der Waals surface area contributed by atoms with Gasteiger partial charge in [0.2, 0.25) is 0 Å². The standard InChI is InChI=1S/C18H20BrNO/c1-12-2-7-18-14(8-12)10-17(21-18)11-16(20)9-13-3-5-15(19)6-4-13/h2-8,16-17H,9-11,20H2,1H3. The van der Waals surface area contributed by atoms with Crippen molar-refractivity contribution in [3.8, 4) is 5.75 Å². The molecule has 0 aromatic heterocycles. The first-order chi connectivity index (χ1) is 10.1. The van der Waals surface area contributed by atoms with Gasteiger partial charge in [0.05, 0.1) is 0 Å². The Morgan fingerprint density at radius 3 is 2.76 bits per heavy atom. The van der Waals surface area contributed by atoms with Crippen LogP contribution in [0.2, 0.25) is 0 Å². The second kappa shape index (κ2) is 6.20. The predicted molar refractivity (Wildman–Crippen MR) is 89.7 cm³/mol. The fourth-order valence-electron chi connectivity index (χ4n) is 2.92. The van der Waals surface area contributed by atoms with Crippen molar-refractivity contribution in [2.24, 2.45) is 5.73 Å². The summed E-state index contributed by atoms with van der Waals surface area (Å²) in [4.78, 5) is 0. The zero-order chi connectivity index (χ0) is 14.8. The van der Waals surface area contributed by atoms with Crippen LogP contribution in [0.5, 0.6) is 5.75 Å². The zero-order valence-electron chi connectivity index (χ0n) is 12.2. The molecule has 0 bridgehead atoms. The van der Waals surface area contributed by atoms with Gasteiger partial charge in [-0.05, 0) is 42.7 Å². The molecule has 0 saturated carbocycles. The van der Waals surface area contributed by atoms with Crippen LogP contribution in [0.4, 0.5) is 0 Å². The molecular weight excluding hydrogens is 326 g/mol. The quantitative estimate of drug-likeness (QED) is 0.908. The number of aryl methyl sites for hydroxylation is 1. The van der Waals surface area contributed by atoms with Gasteiger partial charge in [-0.3, -0.25) is 0 Å². The molecule has 1 heterocycles. The van der Waals surface area contributed by atoms with E-state index in [1.54, 1.807) is 0 Å². The lowest BCUT2D eigenvalue weighted by Crippen LogP contribution is -2.30. The number of ether oxygens (including phenoxy) is 1. The number of rotatable bonds is 4. The maximum absolute atomic E-state index is 6.30. The van der Waals surface area contributed by atoms with Crippen LogP contribution in [-0.2, 0) is 12.8 Å². The highest BCUT2D eigenvalue weighted by Crippen LogP contribution is 2.31. The molecular formula is C18H20BrNO. The summed E-state index contributed by atoms with van der Waals surface area (Å²) >= 11 is 3.45. The number of nitrogens with two attached hydrogens (primary N) is 1. The molecule has 0 amide bonds. The molecule has 0 fully saturated rings. The Balaban J connectivity index is 1.57. The molecule has 2 atom stereocenters. The number of benzene rings is 2. The molecule has 2 aromatic rings. The van der Waals surface area contributed by atoms with E-state index in [0.717, 1.165) is 29.5 Å². The Bertz CT molecular complexity index is 624. The first-order valence-corrected chi connectivity index (χ1v) is 8.15. The summed E-state index contributed by atoms with van der Waals surface area (Å²) in [5, 5.41) is 0. The second-order valence-electron chi connectivity index (χ2n) is 5.88. The summed E-state index contributed by atoms with van der Waals surface area (Å²) in [5.41, 5.74) is 10.2. The van der Waals surface area contributed by atoms with Crippen molar-refractivity contribution < 1.29 is 4.74 Å². The fraction of sp³-hybridized carbons (Fsp3) is 0.333. The molecule has 21 heavy (non-hydrogen) atoms. The average molecular weight is 346 g/mol. The van der Waals surface area contributed by atoms with E-state index in [2.05, 4.69) is 65.3 Å². The minimum atomic E-state index is 0.131. The summed E-state index contributed by atoms with van der Waals surface area (Å²) in [6, 6.07) is 14.9. The van der Waals surface area contributed by atoms with Crippen LogP contribution < -0.4 is 10.5 Å². The molecule has 1 aliphatic heterocycles. The normalized spacial score (nSPS) is 18.1. The SMILES string of the molecule is Cc1ccc2c(c1)CC(CC(N)Cc1ccc(Br)cc1)O2. The lowest BCUT2D eigenvalue weighted by molar-refractivity contribution is 0.210. The zero-order valence-corrected chi connectivity index (χ0v) is 13.8. The lowest BCUT2D eigenvalue weighted by Gasteiger charge is -2.17. The van der Waals surface area contributed by atoms with Crippen molar-refractivity contribution in [1.82, 2.24) is 0 Å². The number of hydrogen-bond acceptors (Lipinski definition) is 2. The lowest BCUT2D eigenvalue weighted by atomic mass is 9.98. The first kappa shape index (κ1) is 14.6. The van der Waals surface area contributed by atoms with Crippen molar-refractivity contribution in [3.63, 3.8) is 0 Å². The summed E-state index contributed by atoms with van der Waals surface area (Å²) in [7, 11) is 0. The van der Waals surface area contributed by atoms with Gasteiger partial charge < -0.3 is 10.5 Å². The van der Waals surface area contributed by atoms with Crippen molar-refractivity contribution in [1.29, 1.82) is 0 Å². The van der Waals surface area contributed by atoms with E-state index in [1.807, 2.05) is 0 Å². The molecule has 2 N–H and O–H groups in total. The molecule has 2 aromatic carbocycles. The van der Waals surface area contributed by atoms with Crippen LogP contribution in [0.3, 0.4) is 0 Å². The van der Waals surface area contributed by atoms with E-state index in [9.17, 15) is 0 Å². The van der Waals surface area contributed by atoms with Crippen LogP contribution in [0.25, 0.3) is 0 Å². The van der Waals surface area contributed by atoms with Crippen LogP contribution in [0, 0.1) is 6.92 Å². The smallest absolute Gasteiger partial charge is 0.123 e. The molecule has 0 aliphatic carbocycles. The summed E-state index contributed by atoms with van der Waals surface area (Å²) in [6.45, 7) is 2.12. The van der Waals surface area contributed by atoms with Crippen LogP contribution in [0.1, 0.15) is 23.1 Å². The molecule has 1 aliphatic rings. The maximum Gasteiger partial charge on any atom is 0.123 e. The minimum absolute atomic E-state index is 0.131. The largest absolute Gasteiger partial charge is 0.490 e. The van der Waals surface area contributed by atoms with Gasteiger partial charge in [-0.2, -0.15) is 0 Å². The van der Waals surface area contributed by atoms with E-state index in [-0.39, 0.29) is 12.1 Å². The molecule has 110 valence electrons. The molecule has 2 nitrogen and oxygen atoms in total. The van der Waals surface area contributed by atoms with Gasteiger partial charge in [-0.25, -0.2) is 0 Å². The van der Waals surface area contributed by atoms with Crippen molar-refractivity contribution in [2.75, 3.05) is 0 Å². The van der Waals surface area contributed by atoms with Gasteiger partial charge in [-0.1, -0.05) is 45.8 Å². The van der Waals surface area contributed by atoms with Crippen molar-refractivity contribution >= 4 is 15.9 Å². The summed E-state index contributed by atoms with van der Waals surface area (Å²) in [5.74, 6) is 1.03. The number of hydrogen-bond donors (Lipinski definition) is 1. The Labute approximate surface area is 134 Å². The predicted octanol–water partition coefficient (Wildman–Crippen LogP) is 4.02. The van der Waals surface area contributed by atoms with Crippen LogP contribution in [0.15, 0.2) is 46.9 Å². The number of fused-ring (bicyclic) bond motifs is 1. The molecule has 0 saturated heterocycles. The second-order valence-corrected chi connectivity index (χ2v) is 6.80. The number of halogens is 1. The van der Waals surface area contributed by atoms with E-state index in [1.165, 1.54) is 16.7 Å². The van der Waals surface area contributed by atoms with Gasteiger partial charge in [0.25, 0.3) is 0 Å². The van der Waals surface area contributed by atoms with Crippen LogP contribution in [-0.4, -0.2) is 12.1 Å². The van der Waals surface area contributed by atoms with Crippen LogP contribution >= 0.6 is 15.9 Å². The Hall–Kier alpha value is -1.32. The molecule has 3 heteroatoms. The summed E-state index contributed by atoms with van der Waals surface area (Å²) < 4.78 is 7.10. The highest BCUT2D eigenvalue weighted by Gasteiger charge is 2.24. The topological polar surface area (TPSA) is 35.2 Å². The Morgan fingerprint density at radius 2 is 2.00 bits per heavy atom. The van der Waals surface area contributed by atoms with E-state index in [0.29, 0.717) is 0 Å². The van der Waals surface area contributed by atoms with E-state index >= 15 is 0 Å². The Morgan fingerprint density at radius 1 is 1.24 bits per heavy atom. The van der Waals surface area contributed by atoms with Gasteiger partial charge in [0, 0.05) is 23.4 Å². The van der Waals surface area contributed by atoms with Gasteiger partial charge in [0.1, 0.15) is 11.9 Å². The summed E-state index contributed by atoms with van der Waals surface area (Å²) in [6.07, 6.45) is 2.98. The van der Waals surface area contributed by atoms with Gasteiger partial charge in [0.15, 0.2) is 0 Å². The third kappa shape index (κ3) is 3.66. The molecule has 0 spiro atoms. The average Bonchev–Trinajstić information content (AvgIpc) is 2.82. The molecule has 3 rings (SSSR count). The van der Waals surface area contributed by atoms with E-state index < -0.39 is 0 Å². The minimum Gasteiger partial charge on any atom is -0.490 e. The van der Waals surface area contributed by atoms with Crippen molar-refractivity contribution in [3.05, 3.63) is 63.6 Å². The molecule has 0 radical (unpaired) electrons. The first-order valence-electron chi connectivity index (χ1n) is 7.36. The van der Waals surface area contributed by atoms with Gasteiger partial charge in [-0.15, -0.1) is 0 Å². The monoisotopic (exact) mass is 345 g/mol. The Kier molecular flexibility index (Phi) is 4.32. The van der Waals surface area contributed by atoms with Crippen molar-refractivity contribution in [2.45, 2.75) is 38.3 Å². The maximum atomic E-state index is 6.30. The van der Waals surface area contributed by atoms with Gasteiger partial charge >= 0.3 is 0 Å². The fourth-order valence-corrected chi connectivity index (χ4v) is 3.19. The van der Waals surface area contributed by atoms with E-state index in [4.69, 9.17) is 10.5 Å².